The fraction of sp³-hybridized carbons (Fsp3) is 0.171. The average Bonchev–Trinajstić information content (AvgIpc) is 3.25. The fourth-order valence-electron chi connectivity index (χ4n) is 6.31. The van der Waals surface area contributed by atoms with Gasteiger partial charge in [0.15, 0.2) is 0 Å². The van der Waals surface area contributed by atoms with Gasteiger partial charge in [-0.2, -0.15) is 10.2 Å². The molecule has 360 valence electrons. The van der Waals surface area contributed by atoms with Gasteiger partial charge in [0.1, 0.15) is 41.8 Å². The monoisotopic (exact) mass is 1090 g/mol. The zero-order valence-corrected chi connectivity index (χ0v) is 49.5. The zero-order chi connectivity index (χ0) is 50.1. The first-order valence-corrected chi connectivity index (χ1v) is 23.6. The summed E-state index contributed by atoms with van der Waals surface area (Å²) in [5, 5.41) is 48.9. The van der Waals surface area contributed by atoms with E-state index in [9.17, 15) is 63.2 Å². The Kier molecular flexibility index (Phi) is 27.3. The van der Waals surface area contributed by atoms with Crippen LogP contribution in [0.2, 0.25) is 0 Å². The van der Waals surface area contributed by atoms with Crippen molar-refractivity contribution in [1.82, 2.24) is 4.90 Å². The van der Waals surface area contributed by atoms with Crippen molar-refractivity contribution >= 4 is 100 Å². The second-order valence-corrected chi connectivity index (χ2v) is 18.3. The number of carboxylic acid groups (broad SMARTS) is 1. The Hall–Kier alpha value is -3.05. The van der Waals surface area contributed by atoms with Gasteiger partial charge in [-0.15, -0.1) is 0 Å². The molecule has 72 heavy (non-hydrogen) atoms. The number of amides is 2. The predicted molar refractivity (Wildman–Crippen MR) is 239 cm³/mol. The Bertz CT molecular complexity index is 3140. The largest absolute Gasteiger partial charge is 1.00 e. The van der Waals surface area contributed by atoms with Crippen molar-refractivity contribution in [2.75, 3.05) is 60.9 Å². The van der Waals surface area contributed by atoms with Crippen molar-refractivity contribution in [3.8, 4) is 0 Å². The minimum absolute atomic E-state index is 0. The maximum Gasteiger partial charge on any atom is 1.00 e. The number of Topliss-reactive ketones (excluding diaryl/α,β-unsaturated/α-hetero) is 2. The molecule has 0 unspecified atom stereocenters. The first-order chi connectivity index (χ1) is 31.9. The number of hydrogen-bond donors (Lipinski definition) is 7. The summed E-state index contributed by atoms with van der Waals surface area (Å²) in [6.45, 7) is 3.16. The summed E-state index contributed by atoms with van der Waals surface area (Å²) in [5.74, 6) is -3.42. The van der Waals surface area contributed by atoms with Gasteiger partial charge in [-0.25, -0.2) is 30.0 Å². The van der Waals surface area contributed by atoms with Crippen LogP contribution in [0.5, 0.6) is 0 Å². The Morgan fingerprint density at radius 2 is 1.00 bits per heavy atom. The number of hydrazone groups is 2. The molecule has 6 rings (SSSR count). The summed E-state index contributed by atoms with van der Waals surface area (Å²) in [6.07, 6.45) is 1.73. The van der Waals surface area contributed by atoms with Crippen LogP contribution < -0.4 is 145 Å². The number of rotatable bonds is 16. The number of aromatic carboxylic acids is 1. The molecular formula is C41H37N7Na4O17S3. The normalized spacial score (nSPS) is 14.0. The number of ketones is 2. The third-order valence-corrected chi connectivity index (χ3v) is 12.1. The van der Waals surface area contributed by atoms with Gasteiger partial charge in [-0.05, 0) is 108 Å². The Morgan fingerprint density at radius 3 is 1.38 bits per heavy atom. The topological polar surface area (TPSA) is 400 Å². The van der Waals surface area contributed by atoms with E-state index in [1.807, 2.05) is 0 Å². The molecule has 7 N–H and O–H groups in total. The van der Waals surface area contributed by atoms with Gasteiger partial charge in [0.05, 0.1) is 51.9 Å². The number of fused-ring (bicyclic) bond motifs is 2. The van der Waals surface area contributed by atoms with Gasteiger partial charge < -0.3 is 49.5 Å². The molecule has 0 saturated carbocycles. The molecule has 2 aliphatic rings. The smallest absolute Gasteiger partial charge is 0.744 e. The maximum absolute atomic E-state index is 13.4. The van der Waals surface area contributed by atoms with Gasteiger partial charge >= 0.3 is 124 Å². The molecule has 4 aromatic carbocycles. The quantitative estimate of drug-likeness (QED) is 0.0311. The van der Waals surface area contributed by atoms with Crippen molar-refractivity contribution in [2.24, 2.45) is 10.2 Å². The van der Waals surface area contributed by atoms with E-state index in [2.05, 4.69) is 31.7 Å². The number of nitrogens with zero attached hydrogens (tertiary/aromatic N) is 3. The second kappa shape index (κ2) is 29.3. The summed E-state index contributed by atoms with van der Waals surface area (Å²) < 4.78 is 107. The van der Waals surface area contributed by atoms with E-state index >= 15 is 0 Å². The number of benzene rings is 4. The third-order valence-electron chi connectivity index (χ3n) is 9.56. The number of aliphatic hydroxyl groups excluding tert-OH is 3. The molecule has 0 saturated heterocycles. The zero-order valence-electron chi connectivity index (χ0n) is 39.0. The van der Waals surface area contributed by atoms with Gasteiger partial charge in [-0.3, -0.25) is 25.3 Å². The van der Waals surface area contributed by atoms with Crippen LogP contribution >= 0.6 is 0 Å². The van der Waals surface area contributed by atoms with E-state index in [-0.39, 0.29) is 194 Å². The average molecular weight is 1090 g/mol. The first kappa shape index (κ1) is 67.0. The van der Waals surface area contributed by atoms with Gasteiger partial charge in [-0.1, -0.05) is 12.1 Å². The van der Waals surface area contributed by atoms with Crippen LogP contribution in [0, 0.1) is 6.92 Å². The molecule has 0 atom stereocenters. The first-order valence-electron chi connectivity index (χ1n) is 19.4. The molecule has 0 fully saturated rings. The molecular weight excluding hydrogens is 1050 g/mol. The number of carbonyl (C=O) groups excluding carboxylic acids is 4. The van der Waals surface area contributed by atoms with Crippen LogP contribution in [0.15, 0.2) is 104 Å². The van der Waals surface area contributed by atoms with E-state index in [0.29, 0.717) is 19.6 Å². The molecule has 0 heterocycles. The van der Waals surface area contributed by atoms with Gasteiger partial charge in [0.25, 0.3) is 0 Å². The Balaban J connectivity index is 0.00000167. The number of hydrogen-bond acceptors (Lipinski definition) is 22. The molecule has 0 radical (unpaired) electrons. The van der Waals surface area contributed by atoms with E-state index in [0.717, 1.165) is 42.5 Å². The minimum atomic E-state index is -5.33. The minimum Gasteiger partial charge on any atom is -0.744 e. The number of carbonyl (C=O) groups is 4. The van der Waals surface area contributed by atoms with Crippen LogP contribution in [0.1, 0.15) is 47.8 Å². The molecule has 2 amide bonds. The van der Waals surface area contributed by atoms with E-state index in [1.165, 1.54) is 55.5 Å². The number of anilines is 4. The summed E-state index contributed by atoms with van der Waals surface area (Å²) in [4.78, 5) is 49.8. The number of nitrogens with one attached hydrogen (secondary N) is 4. The number of aliphatic hydroxyl groups is 3. The summed E-state index contributed by atoms with van der Waals surface area (Å²) in [5.41, 5.74) is 3.12. The summed E-state index contributed by atoms with van der Waals surface area (Å²) >= 11 is 0. The van der Waals surface area contributed by atoms with Crippen LogP contribution in [-0.2, 0) is 30.4 Å². The third kappa shape index (κ3) is 18.1. The molecule has 24 nitrogen and oxygen atoms in total. The molecule has 0 bridgehead atoms. The molecule has 31 heteroatoms. The number of carboxylic acids is 1. The molecule has 2 aliphatic carbocycles. The van der Waals surface area contributed by atoms with Crippen LogP contribution in [0.25, 0.3) is 12.2 Å². The fourth-order valence-corrected chi connectivity index (χ4v) is 8.16. The van der Waals surface area contributed by atoms with Crippen LogP contribution in [0.3, 0.4) is 0 Å². The van der Waals surface area contributed by atoms with Crippen molar-refractivity contribution in [1.29, 1.82) is 0 Å². The van der Waals surface area contributed by atoms with Gasteiger partial charge in [0, 0.05) is 42.1 Å². The molecule has 4 aromatic rings. The SMILES string of the molecule is Cc1cc(S(=O)(=O)[O-])ccc1N/N=C1\C(=O)c2ccc(NC(=O)Nc3ccc4c(c3)C=C(S(=O)(=O)[O-])/C(=N\Nc3ccc(C(=O)[O-])cc3)C4=O)cc2C=C1S(=O)(=O)[O-].OCCN(CCO)CCO.[Na+].[Na+].[Na+].[Na+]. The predicted octanol–water partition coefficient (Wildman–Crippen LogP) is -11.7. The van der Waals surface area contributed by atoms with Crippen LogP contribution in [-0.4, -0.2) is 134 Å². The molecule has 0 aliphatic heterocycles. The van der Waals surface area contributed by atoms with Gasteiger partial charge in [0.2, 0.25) is 11.6 Å². The molecule has 0 spiro atoms. The summed E-state index contributed by atoms with van der Waals surface area (Å²) in [7, 11) is -15.4. The Labute approximate surface area is 500 Å². The van der Waals surface area contributed by atoms with Crippen molar-refractivity contribution < 1.29 is 197 Å². The van der Waals surface area contributed by atoms with E-state index in [4.69, 9.17) is 15.3 Å². The standard InChI is InChI=1S/C35H26N6O14S3.C6H15NO3.4Na/c1-17-12-24(56(47,48)49)8-11-27(17)39-41-31-29(58(53,54)55)16-20-14-23(7-10-26(20)33(31)43)37-35(46)36-22-6-9-25-19(13-22)15-28(57(50,51)52)30(32(25)42)40-38-21-4-2-18(3-5-21)34(44)45;8-4-1-7(2-5-9)3-6-10;;;;/h2-16,38-39H,1H3,(H,44,45)(H2,36,37,46)(H,47,48,49)(H,50,51,52)(H,53,54,55);8-10H,1-6H2;;;;/q;;4*+1/p-4/b40-30+,41-31-;;;;;. The van der Waals surface area contributed by atoms with Crippen LogP contribution in [0.4, 0.5) is 27.5 Å². The number of allylic oxidation sites excluding steroid dienone is 2. The number of aryl methyl sites for hydroxylation is 1. The Morgan fingerprint density at radius 1 is 0.583 bits per heavy atom. The van der Waals surface area contributed by atoms with Crippen molar-refractivity contribution in [3.63, 3.8) is 0 Å². The van der Waals surface area contributed by atoms with E-state index in [1.54, 1.807) is 4.90 Å². The maximum atomic E-state index is 13.4. The number of urea groups is 1. The van der Waals surface area contributed by atoms with Crippen molar-refractivity contribution in [3.05, 3.63) is 122 Å². The summed E-state index contributed by atoms with van der Waals surface area (Å²) in [6, 6.07) is 14.4. The second-order valence-electron chi connectivity index (χ2n) is 14.2. The van der Waals surface area contributed by atoms with E-state index < -0.39 is 80.1 Å². The van der Waals surface area contributed by atoms with Crippen molar-refractivity contribution in [2.45, 2.75) is 11.8 Å². The molecule has 0 aromatic heterocycles.